The van der Waals surface area contributed by atoms with Crippen molar-refractivity contribution in [3.05, 3.63) is 0 Å². The number of nitrogens with one attached hydrogen (secondary N) is 2. The van der Waals surface area contributed by atoms with Crippen molar-refractivity contribution in [3.8, 4) is 0 Å². The lowest BCUT2D eigenvalue weighted by Crippen LogP contribution is -2.49. The van der Waals surface area contributed by atoms with Gasteiger partial charge in [0.1, 0.15) is 0 Å². The maximum Gasteiger partial charge on any atom is 0.234 e. The Bertz CT molecular complexity index is 176. The molecule has 0 atom stereocenters. The van der Waals surface area contributed by atoms with Gasteiger partial charge in [0.2, 0.25) is 5.91 Å². The molecular formula is C9H18N2O2. The topological polar surface area (TPSA) is 61.4 Å². The number of aliphatic hydroxyl groups is 1. The summed E-state index contributed by atoms with van der Waals surface area (Å²) in [6.45, 7) is 4.37. The standard InChI is InChI=1S/C9H18N2O2/c1-6(2)10-5-9(13)11-7-3-8(12)4-7/h6-8,10,12H,3-5H2,1-2H3,(H,11,13). The van der Waals surface area contributed by atoms with E-state index in [4.69, 9.17) is 5.11 Å². The van der Waals surface area contributed by atoms with Crippen LogP contribution in [0.25, 0.3) is 0 Å². The van der Waals surface area contributed by atoms with Crippen LogP contribution in [0.3, 0.4) is 0 Å². The predicted octanol–water partition coefficient (Wildman–Crippen LogP) is -0.376. The molecule has 0 saturated heterocycles. The highest BCUT2D eigenvalue weighted by Crippen LogP contribution is 2.18. The third kappa shape index (κ3) is 3.74. The molecule has 0 aromatic heterocycles. The summed E-state index contributed by atoms with van der Waals surface area (Å²) < 4.78 is 0. The van der Waals surface area contributed by atoms with Gasteiger partial charge >= 0.3 is 0 Å². The van der Waals surface area contributed by atoms with Crippen molar-refractivity contribution in [3.63, 3.8) is 0 Å². The lowest BCUT2D eigenvalue weighted by molar-refractivity contribution is -0.122. The maximum atomic E-state index is 11.2. The third-order valence-electron chi connectivity index (χ3n) is 2.15. The highest BCUT2D eigenvalue weighted by atomic mass is 16.3. The number of hydrogen-bond donors (Lipinski definition) is 3. The van der Waals surface area contributed by atoms with E-state index in [1.54, 1.807) is 0 Å². The Morgan fingerprint density at radius 2 is 2.15 bits per heavy atom. The Labute approximate surface area is 78.7 Å². The molecule has 0 unspecified atom stereocenters. The maximum absolute atomic E-state index is 11.2. The molecule has 1 amide bonds. The van der Waals surface area contributed by atoms with Crippen LogP contribution in [0, 0.1) is 0 Å². The van der Waals surface area contributed by atoms with Crippen LogP contribution in [0.15, 0.2) is 0 Å². The quantitative estimate of drug-likeness (QED) is 0.561. The van der Waals surface area contributed by atoms with Crippen LogP contribution < -0.4 is 10.6 Å². The SMILES string of the molecule is CC(C)NCC(=O)NC1CC(O)C1. The van der Waals surface area contributed by atoms with Crippen LogP contribution in [-0.2, 0) is 4.79 Å². The first-order valence-corrected chi connectivity index (χ1v) is 4.78. The lowest BCUT2D eigenvalue weighted by atomic mass is 9.89. The molecule has 0 aromatic carbocycles. The fourth-order valence-electron chi connectivity index (χ4n) is 1.28. The second-order valence-corrected chi connectivity index (χ2v) is 3.93. The summed E-state index contributed by atoms with van der Waals surface area (Å²) in [5.74, 6) is 0.0191. The molecule has 1 saturated carbocycles. The molecule has 4 nitrogen and oxygen atoms in total. The molecular weight excluding hydrogens is 168 g/mol. The smallest absolute Gasteiger partial charge is 0.234 e. The molecule has 0 radical (unpaired) electrons. The Morgan fingerprint density at radius 3 is 2.62 bits per heavy atom. The molecule has 3 N–H and O–H groups in total. The van der Waals surface area contributed by atoms with Gasteiger partial charge in [-0.1, -0.05) is 13.8 Å². The summed E-state index contributed by atoms with van der Waals surface area (Å²) in [4.78, 5) is 11.2. The van der Waals surface area contributed by atoms with E-state index in [9.17, 15) is 4.79 Å². The van der Waals surface area contributed by atoms with Gasteiger partial charge in [-0.3, -0.25) is 4.79 Å². The Balaban J connectivity index is 2.05. The largest absolute Gasteiger partial charge is 0.393 e. The summed E-state index contributed by atoms with van der Waals surface area (Å²) in [7, 11) is 0. The van der Waals surface area contributed by atoms with Crippen LogP contribution in [-0.4, -0.2) is 35.7 Å². The number of aliphatic hydroxyl groups excluding tert-OH is 1. The van der Waals surface area contributed by atoms with Gasteiger partial charge in [-0.15, -0.1) is 0 Å². The lowest BCUT2D eigenvalue weighted by Gasteiger charge is -2.32. The minimum absolute atomic E-state index is 0.0191. The molecule has 4 heteroatoms. The van der Waals surface area contributed by atoms with Crippen molar-refractivity contribution in [2.75, 3.05) is 6.54 Å². The molecule has 0 heterocycles. The average molecular weight is 186 g/mol. The van der Waals surface area contributed by atoms with Crippen LogP contribution in [0.2, 0.25) is 0 Å². The minimum atomic E-state index is -0.205. The first kappa shape index (κ1) is 10.5. The Hall–Kier alpha value is -0.610. The molecule has 0 aliphatic heterocycles. The van der Waals surface area contributed by atoms with Crippen LogP contribution in [0.4, 0.5) is 0 Å². The van der Waals surface area contributed by atoms with Gasteiger partial charge < -0.3 is 15.7 Å². The van der Waals surface area contributed by atoms with Gasteiger partial charge in [-0.25, -0.2) is 0 Å². The van der Waals surface area contributed by atoms with E-state index < -0.39 is 0 Å². The first-order valence-electron chi connectivity index (χ1n) is 4.78. The zero-order chi connectivity index (χ0) is 9.84. The summed E-state index contributed by atoms with van der Waals surface area (Å²) in [6, 6.07) is 0.522. The summed E-state index contributed by atoms with van der Waals surface area (Å²) in [6.07, 6.45) is 1.20. The number of carbonyl (C=O) groups excluding carboxylic acids is 1. The molecule has 76 valence electrons. The first-order chi connectivity index (χ1) is 6.08. The fourth-order valence-corrected chi connectivity index (χ4v) is 1.28. The van der Waals surface area contributed by atoms with Crippen molar-refractivity contribution >= 4 is 5.91 Å². The summed E-state index contributed by atoms with van der Waals surface area (Å²) in [5, 5.41) is 14.9. The van der Waals surface area contributed by atoms with Crippen molar-refractivity contribution < 1.29 is 9.90 Å². The molecule has 1 rings (SSSR count). The normalized spacial score (nSPS) is 27.1. The Kier molecular flexibility index (Phi) is 3.69. The molecule has 1 aliphatic carbocycles. The van der Waals surface area contributed by atoms with Crippen LogP contribution >= 0.6 is 0 Å². The van der Waals surface area contributed by atoms with Crippen LogP contribution in [0.5, 0.6) is 0 Å². The number of carbonyl (C=O) groups is 1. The van der Waals surface area contributed by atoms with Crippen molar-refractivity contribution in [1.82, 2.24) is 10.6 Å². The van der Waals surface area contributed by atoms with E-state index >= 15 is 0 Å². The van der Waals surface area contributed by atoms with Gasteiger partial charge in [0, 0.05) is 12.1 Å². The average Bonchev–Trinajstić information content (AvgIpc) is 1.98. The second kappa shape index (κ2) is 4.58. The number of amides is 1. The summed E-state index contributed by atoms with van der Waals surface area (Å²) in [5.41, 5.74) is 0. The monoisotopic (exact) mass is 186 g/mol. The van der Waals surface area contributed by atoms with Gasteiger partial charge in [0.05, 0.1) is 12.6 Å². The van der Waals surface area contributed by atoms with Crippen molar-refractivity contribution in [1.29, 1.82) is 0 Å². The highest BCUT2D eigenvalue weighted by Gasteiger charge is 2.27. The van der Waals surface area contributed by atoms with E-state index in [0.29, 0.717) is 25.4 Å². The molecule has 0 bridgehead atoms. The number of rotatable bonds is 4. The van der Waals surface area contributed by atoms with Gasteiger partial charge in [-0.2, -0.15) is 0 Å². The van der Waals surface area contributed by atoms with E-state index in [-0.39, 0.29) is 18.1 Å². The Morgan fingerprint density at radius 1 is 1.54 bits per heavy atom. The molecule has 1 fully saturated rings. The molecule has 0 spiro atoms. The van der Waals surface area contributed by atoms with Crippen LogP contribution in [0.1, 0.15) is 26.7 Å². The van der Waals surface area contributed by atoms with Gasteiger partial charge in [0.15, 0.2) is 0 Å². The minimum Gasteiger partial charge on any atom is -0.393 e. The van der Waals surface area contributed by atoms with E-state index in [1.807, 2.05) is 13.8 Å². The van der Waals surface area contributed by atoms with E-state index in [2.05, 4.69) is 10.6 Å². The number of hydrogen-bond acceptors (Lipinski definition) is 3. The van der Waals surface area contributed by atoms with Crippen molar-refractivity contribution in [2.45, 2.75) is 44.9 Å². The fraction of sp³-hybridized carbons (Fsp3) is 0.889. The zero-order valence-corrected chi connectivity index (χ0v) is 8.21. The highest BCUT2D eigenvalue weighted by molar-refractivity contribution is 5.78. The van der Waals surface area contributed by atoms with Gasteiger partial charge in [0.25, 0.3) is 0 Å². The predicted molar refractivity (Wildman–Crippen MR) is 50.3 cm³/mol. The molecule has 1 aliphatic rings. The molecule has 0 aromatic rings. The summed E-state index contributed by atoms with van der Waals surface area (Å²) >= 11 is 0. The zero-order valence-electron chi connectivity index (χ0n) is 8.21. The van der Waals surface area contributed by atoms with E-state index in [0.717, 1.165) is 0 Å². The van der Waals surface area contributed by atoms with Crippen molar-refractivity contribution in [2.24, 2.45) is 0 Å². The third-order valence-corrected chi connectivity index (χ3v) is 2.15. The van der Waals surface area contributed by atoms with E-state index in [1.165, 1.54) is 0 Å². The molecule has 13 heavy (non-hydrogen) atoms. The van der Waals surface area contributed by atoms with Gasteiger partial charge in [-0.05, 0) is 12.8 Å². The second-order valence-electron chi connectivity index (χ2n) is 3.93.